The maximum atomic E-state index is 9.41. The molecule has 1 aromatic heterocycles. The third kappa shape index (κ3) is 1.72. The van der Waals surface area contributed by atoms with Gasteiger partial charge in [-0.3, -0.25) is 0 Å². The molecule has 1 aromatic rings. The van der Waals surface area contributed by atoms with Gasteiger partial charge in [-0.15, -0.1) is 5.10 Å². The SMILES string of the molecule is Nc1nc(N2CCC[C@@H](O)C2)n[nH]1. The van der Waals surface area contributed by atoms with Crippen molar-refractivity contribution in [3.05, 3.63) is 0 Å². The molecule has 1 fully saturated rings. The van der Waals surface area contributed by atoms with Gasteiger partial charge in [0, 0.05) is 13.1 Å². The first-order chi connectivity index (χ1) is 6.25. The number of H-pyrrole nitrogens is 1. The van der Waals surface area contributed by atoms with Crippen molar-refractivity contribution in [1.29, 1.82) is 0 Å². The molecule has 0 unspecified atom stereocenters. The van der Waals surface area contributed by atoms with Gasteiger partial charge in [-0.2, -0.15) is 4.98 Å². The highest BCUT2D eigenvalue weighted by Crippen LogP contribution is 2.15. The van der Waals surface area contributed by atoms with Gasteiger partial charge in [-0.1, -0.05) is 0 Å². The van der Waals surface area contributed by atoms with Crippen molar-refractivity contribution in [2.24, 2.45) is 0 Å². The smallest absolute Gasteiger partial charge is 0.246 e. The summed E-state index contributed by atoms with van der Waals surface area (Å²) in [6.45, 7) is 1.48. The molecule has 0 aliphatic carbocycles. The molecule has 1 saturated heterocycles. The third-order valence-electron chi connectivity index (χ3n) is 2.17. The first-order valence-electron chi connectivity index (χ1n) is 4.36. The number of piperidine rings is 1. The van der Waals surface area contributed by atoms with Crippen molar-refractivity contribution in [2.75, 3.05) is 23.7 Å². The zero-order valence-corrected chi connectivity index (χ0v) is 7.27. The Morgan fingerprint density at radius 1 is 1.62 bits per heavy atom. The second-order valence-corrected chi connectivity index (χ2v) is 3.26. The summed E-state index contributed by atoms with van der Waals surface area (Å²) >= 11 is 0. The van der Waals surface area contributed by atoms with Crippen LogP contribution in [0.4, 0.5) is 11.9 Å². The number of nitrogens with zero attached hydrogens (tertiary/aromatic N) is 3. The predicted molar refractivity (Wildman–Crippen MR) is 48.2 cm³/mol. The molecule has 0 saturated carbocycles. The Morgan fingerprint density at radius 2 is 2.46 bits per heavy atom. The molecule has 0 amide bonds. The predicted octanol–water partition coefficient (Wildman–Crippen LogP) is -0.652. The summed E-state index contributed by atoms with van der Waals surface area (Å²) in [5, 5.41) is 15.9. The summed E-state index contributed by atoms with van der Waals surface area (Å²) in [5.41, 5.74) is 5.40. The number of nitrogen functional groups attached to an aromatic ring is 1. The van der Waals surface area contributed by atoms with E-state index in [1.165, 1.54) is 0 Å². The third-order valence-corrected chi connectivity index (χ3v) is 2.17. The number of aromatic amines is 1. The minimum absolute atomic E-state index is 0.270. The van der Waals surface area contributed by atoms with Crippen molar-refractivity contribution >= 4 is 11.9 Å². The summed E-state index contributed by atoms with van der Waals surface area (Å²) in [6, 6.07) is 0. The Hall–Kier alpha value is -1.30. The first-order valence-corrected chi connectivity index (χ1v) is 4.36. The van der Waals surface area contributed by atoms with Crippen LogP contribution in [0.2, 0.25) is 0 Å². The molecule has 0 spiro atoms. The molecule has 2 rings (SSSR count). The number of rotatable bonds is 1. The number of hydrogen-bond acceptors (Lipinski definition) is 5. The van der Waals surface area contributed by atoms with E-state index in [1.807, 2.05) is 4.90 Å². The molecule has 0 bridgehead atoms. The number of hydrogen-bond donors (Lipinski definition) is 3. The molecular weight excluding hydrogens is 170 g/mol. The van der Waals surface area contributed by atoms with E-state index in [-0.39, 0.29) is 6.10 Å². The number of aliphatic hydroxyl groups is 1. The summed E-state index contributed by atoms with van der Waals surface area (Å²) in [5.74, 6) is 0.895. The topological polar surface area (TPSA) is 91.1 Å². The van der Waals surface area contributed by atoms with E-state index in [0.717, 1.165) is 19.4 Å². The van der Waals surface area contributed by atoms with E-state index in [4.69, 9.17) is 5.73 Å². The van der Waals surface area contributed by atoms with Crippen molar-refractivity contribution < 1.29 is 5.11 Å². The number of nitrogens with two attached hydrogens (primary N) is 1. The largest absolute Gasteiger partial charge is 0.391 e. The van der Waals surface area contributed by atoms with Crippen LogP contribution < -0.4 is 10.6 Å². The lowest BCUT2D eigenvalue weighted by atomic mass is 10.1. The lowest BCUT2D eigenvalue weighted by Crippen LogP contribution is -2.38. The Bertz CT molecular complexity index is 286. The lowest BCUT2D eigenvalue weighted by Gasteiger charge is -2.28. The van der Waals surface area contributed by atoms with Crippen LogP contribution >= 0.6 is 0 Å². The quantitative estimate of drug-likeness (QED) is 0.538. The number of aromatic nitrogens is 3. The zero-order chi connectivity index (χ0) is 9.26. The highest BCUT2D eigenvalue weighted by molar-refractivity contribution is 5.34. The Labute approximate surface area is 75.8 Å². The fraction of sp³-hybridized carbons (Fsp3) is 0.714. The van der Waals surface area contributed by atoms with Crippen molar-refractivity contribution in [3.8, 4) is 0 Å². The van der Waals surface area contributed by atoms with E-state index < -0.39 is 0 Å². The van der Waals surface area contributed by atoms with Crippen LogP contribution in [0, 0.1) is 0 Å². The zero-order valence-electron chi connectivity index (χ0n) is 7.27. The second kappa shape index (κ2) is 3.21. The Kier molecular flexibility index (Phi) is 2.05. The van der Waals surface area contributed by atoms with Crippen molar-refractivity contribution in [1.82, 2.24) is 15.2 Å². The van der Waals surface area contributed by atoms with Crippen LogP contribution in [0.5, 0.6) is 0 Å². The summed E-state index contributed by atoms with van der Waals surface area (Å²) in [6.07, 6.45) is 1.56. The van der Waals surface area contributed by atoms with Gasteiger partial charge in [0.25, 0.3) is 0 Å². The standard InChI is InChI=1S/C7H13N5O/c8-6-9-7(11-10-6)12-3-1-2-5(13)4-12/h5,13H,1-4H2,(H3,8,9,10,11)/t5-/m1/s1. The molecule has 2 heterocycles. The molecule has 72 valence electrons. The van der Waals surface area contributed by atoms with Gasteiger partial charge in [0.15, 0.2) is 0 Å². The van der Waals surface area contributed by atoms with Gasteiger partial charge in [0.05, 0.1) is 6.10 Å². The van der Waals surface area contributed by atoms with E-state index >= 15 is 0 Å². The summed E-state index contributed by atoms with van der Waals surface area (Å²) in [4.78, 5) is 5.93. The molecule has 1 atom stereocenters. The van der Waals surface area contributed by atoms with Crippen molar-refractivity contribution in [3.63, 3.8) is 0 Å². The molecule has 6 heteroatoms. The average molecular weight is 183 g/mol. The van der Waals surface area contributed by atoms with Crippen LogP contribution in [0.25, 0.3) is 0 Å². The monoisotopic (exact) mass is 183 g/mol. The number of anilines is 2. The van der Waals surface area contributed by atoms with E-state index in [2.05, 4.69) is 15.2 Å². The van der Waals surface area contributed by atoms with Gasteiger partial charge in [0.1, 0.15) is 0 Å². The molecule has 6 nitrogen and oxygen atoms in total. The Balaban J connectivity index is 2.08. The fourth-order valence-electron chi connectivity index (χ4n) is 1.54. The highest BCUT2D eigenvalue weighted by atomic mass is 16.3. The van der Waals surface area contributed by atoms with Crippen molar-refractivity contribution in [2.45, 2.75) is 18.9 Å². The van der Waals surface area contributed by atoms with Crippen LogP contribution in [0.1, 0.15) is 12.8 Å². The van der Waals surface area contributed by atoms with Gasteiger partial charge >= 0.3 is 0 Å². The number of nitrogens with one attached hydrogen (secondary N) is 1. The first kappa shape index (κ1) is 8.31. The maximum Gasteiger partial charge on any atom is 0.246 e. The minimum Gasteiger partial charge on any atom is -0.391 e. The van der Waals surface area contributed by atoms with Crippen LogP contribution in [0.3, 0.4) is 0 Å². The summed E-state index contributed by atoms with van der Waals surface area (Å²) < 4.78 is 0. The molecule has 13 heavy (non-hydrogen) atoms. The maximum absolute atomic E-state index is 9.41. The molecule has 0 aromatic carbocycles. The van der Waals surface area contributed by atoms with E-state index in [0.29, 0.717) is 18.4 Å². The van der Waals surface area contributed by atoms with Crippen LogP contribution in [-0.4, -0.2) is 39.5 Å². The average Bonchev–Trinajstić information content (AvgIpc) is 2.52. The highest BCUT2D eigenvalue weighted by Gasteiger charge is 2.20. The molecule has 1 aliphatic heterocycles. The molecule has 0 radical (unpaired) electrons. The lowest BCUT2D eigenvalue weighted by molar-refractivity contribution is 0.153. The minimum atomic E-state index is -0.270. The van der Waals surface area contributed by atoms with Gasteiger partial charge < -0.3 is 15.7 Å². The van der Waals surface area contributed by atoms with Gasteiger partial charge in [0.2, 0.25) is 11.9 Å². The molecule has 4 N–H and O–H groups in total. The normalized spacial score (nSPS) is 23.5. The number of aliphatic hydroxyl groups excluding tert-OH is 1. The van der Waals surface area contributed by atoms with Crippen LogP contribution in [-0.2, 0) is 0 Å². The van der Waals surface area contributed by atoms with Gasteiger partial charge in [-0.25, -0.2) is 5.10 Å². The second-order valence-electron chi connectivity index (χ2n) is 3.26. The fourth-order valence-corrected chi connectivity index (χ4v) is 1.54. The molecular formula is C7H13N5O. The van der Waals surface area contributed by atoms with E-state index in [1.54, 1.807) is 0 Å². The summed E-state index contributed by atoms with van der Waals surface area (Å²) in [7, 11) is 0. The molecule has 1 aliphatic rings. The van der Waals surface area contributed by atoms with E-state index in [9.17, 15) is 5.11 Å². The Morgan fingerprint density at radius 3 is 3.08 bits per heavy atom. The van der Waals surface area contributed by atoms with Gasteiger partial charge in [-0.05, 0) is 12.8 Å². The van der Waals surface area contributed by atoms with Crippen LogP contribution in [0.15, 0.2) is 0 Å². The number of β-amino-alcohol motifs (C(OH)–C–C–N with tert-alkyl or cyclic N) is 1.